The Morgan fingerprint density at radius 3 is 2.23 bits per heavy atom. The predicted octanol–water partition coefficient (Wildman–Crippen LogP) is 4.66. The predicted molar refractivity (Wildman–Crippen MR) is 136 cm³/mol. The Bertz CT molecular complexity index is 1180. The van der Waals surface area contributed by atoms with E-state index in [4.69, 9.17) is 18.9 Å². The van der Waals surface area contributed by atoms with E-state index in [-0.39, 0.29) is 5.91 Å². The highest BCUT2D eigenvalue weighted by Gasteiger charge is 2.26. The number of methoxy groups -OCH3 is 4. The normalized spacial score (nSPS) is 14.2. The molecule has 2 aromatic carbocycles. The van der Waals surface area contributed by atoms with Gasteiger partial charge in [-0.1, -0.05) is 23.5 Å². The summed E-state index contributed by atoms with van der Waals surface area (Å²) < 4.78 is 21.6. The van der Waals surface area contributed by atoms with Crippen LogP contribution in [0.2, 0.25) is 0 Å². The molecule has 1 aliphatic rings. The highest BCUT2D eigenvalue weighted by atomic mass is 32.1. The second-order valence-electron chi connectivity index (χ2n) is 8.04. The molecule has 4 rings (SSSR count). The Kier molecular flexibility index (Phi) is 7.87. The van der Waals surface area contributed by atoms with Crippen LogP contribution in [0.3, 0.4) is 0 Å². The van der Waals surface area contributed by atoms with Gasteiger partial charge >= 0.3 is 0 Å². The second-order valence-corrected chi connectivity index (χ2v) is 9.05. The first-order valence-electron chi connectivity index (χ1n) is 11.3. The van der Waals surface area contributed by atoms with Crippen LogP contribution in [0.15, 0.2) is 42.5 Å². The molecule has 1 aliphatic heterocycles. The Balaban J connectivity index is 1.38. The summed E-state index contributed by atoms with van der Waals surface area (Å²) in [6.45, 7) is 1.35. The van der Waals surface area contributed by atoms with Gasteiger partial charge in [-0.2, -0.15) is 0 Å². The van der Waals surface area contributed by atoms with E-state index in [1.165, 1.54) is 0 Å². The molecule has 1 saturated heterocycles. The minimum absolute atomic E-state index is 0.0239. The van der Waals surface area contributed by atoms with Crippen molar-refractivity contribution in [2.75, 3.05) is 41.5 Å². The van der Waals surface area contributed by atoms with E-state index < -0.39 is 0 Å². The molecule has 0 bridgehead atoms. The molecule has 2 heterocycles. The molecule has 35 heavy (non-hydrogen) atoms. The standard InChI is InChI=1S/C26H29N3O5S/c1-31-20-8-6-5-7-19(20)26-28-27-25(35-26)18-11-13-29(14-12-18)23(30)10-9-17-15-21(32-2)24(34-4)22(16-17)33-3/h5-10,15-16,18H,11-14H2,1-4H3/b10-9+. The van der Waals surface area contributed by atoms with Gasteiger partial charge in [0.15, 0.2) is 16.5 Å². The first kappa shape index (κ1) is 24.5. The molecular weight excluding hydrogens is 466 g/mol. The van der Waals surface area contributed by atoms with Crippen LogP contribution in [0.4, 0.5) is 0 Å². The third-order valence-electron chi connectivity index (χ3n) is 6.04. The number of para-hydroxylation sites is 1. The Morgan fingerprint density at radius 1 is 0.943 bits per heavy atom. The fraction of sp³-hybridized carbons (Fsp3) is 0.346. The summed E-state index contributed by atoms with van der Waals surface area (Å²) >= 11 is 1.60. The van der Waals surface area contributed by atoms with Crippen LogP contribution in [0.1, 0.15) is 29.3 Å². The average molecular weight is 496 g/mol. The molecule has 0 unspecified atom stereocenters. The summed E-state index contributed by atoms with van der Waals surface area (Å²) in [7, 11) is 6.35. The Morgan fingerprint density at radius 2 is 1.60 bits per heavy atom. The number of benzene rings is 2. The summed E-state index contributed by atoms with van der Waals surface area (Å²) in [6, 6.07) is 11.4. The topological polar surface area (TPSA) is 83.0 Å². The molecule has 1 aromatic heterocycles. The van der Waals surface area contributed by atoms with Gasteiger partial charge in [-0.15, -0.1) is 10.2 Å². The lowest BCUT2D eigenvalue weighted by atomic mass is 9.97. The zero-order valence-electron chi connectivity index (χ0n) is 20.3. The van der Waals surface area contributed by atoms with Gasteiger partial charge in [0.1, 0.15) is 10.8 Å². The van der Waals surface area contributed by atoms with Crippen molar-refractivity contribution in [2.24, 2.45) is 0 Å². The lowest BCUT2D eigenvalue weighted by Gasteiger charge is -2.30. The number of hydrogen-bond donors (Lipinski definition) is 0. The number of ether oxygens (including phenoxy) is 4. The van der Waals surface area contributed by atoms with E-state index >= 15 is 0 Å². The van der Waals surface area contributed by atoms with Gasteiger partial charge < -0.3 is 23.8 Å². The highest BCUT2D eigenvalue weighted by Crippen LogP contribution is 2.39. The lowest BCUT2D eigenvalue weighted by molar-refractivity contribution is -0.126. The van der Waals surface area contributed by atoms with Crippen LogP contribution in [-0.4, -0.2) is 62.5 Å². The molecule has 0 saturated carbocycles. The molecule has 3 aromatic rings. The average Bonchev–Trinajstić information content (AvgIpc) is 3.41. The minimum Gasteiger partial charge on any atom is -0.496 e. The third kappa shape index (κ3) is 5.40. The maximum absolute atomic E-state index is 12.8. The molecule has 0 N–H and O–H groups in total. The van der Waals surface area contributed by atoms with Gasteiger partial charge in [-0.05, 0) is 48.7 Å². The van der Waals surface area contributed by atoms with Gasteiger partial charge in [0, 0.05) is 25.1 Å². The van der Waals surface area contributed by atoms with Gasteiger partial charge in [0.05, 0.1) is 34.0 Å². The fourth-order valence-corrected chi connectivity index (χ4v) is 5.19. The van der Waals surface area contributed by atoms with Crippen molar-refractivity contribution in [1.29, 1.82) is 0 Å². The number of nitrogens with zero attached hydrogens (tertiary/aromatic N) is 3. The molecule has 184 valence electrons. The van der Waals surface area contributed by atoms with Gasteiger partial charge in [-0.3, -0.25) is 4.79 Å². The number of aromatic nitrogens is 2. The van der Waals surface area contributed by atoms with Crippen molar-refractivity contribution in [3.63, 3.8) is 0 Å². The number of likely N-dealkylation sites (tertiary alicyclic amines) is 1. The first-order valence-corrected chi connectivity index (χ1v) is 12.1. The third-order valence-corrected chi connectivity index (χ3v) is 7.16. The van der Waals surface area contributed by atoms with Crippen molar-refractivity contribution >= 4 is 23.3 Å². The number of rotatable bonds is 8. The fourth-order valence-electron chi connectivity index (χ4n) is 4.15. The maximum atomic E-state index is 12.8. The van der Waals surface area contributed by atoms with Crippen LogP contribution in [0, 0.1) is 0 Å². The highest BCUT2D eigenvalue weighted by molar-refractivity contribution is 7.14. The van der Waals surface area contributed by atoms with Crippen molar-refractivity contribution in [2.45, 2.75) is 18.8 Å². The lowest BCUT2D eigenvalue weighted by Crippen LogP contribution is -2.36. The van der Waals surface area contributed by atoms with E-state index in [2.05, 4.69) is 10.2 Å². The smallest absolute Gasteiger partial charge is 0.246 e. The van der Waals surface area contributed by atoms with E-state index in [1.54, 1.807) is 51.9 Å². The molecule has 0 radical (unpaired) electrons. The van der Waals surface area contributed by atoms with Crippen molar-refractivity contribution in [1.82, 2.24) is 15.1 Å². The molecule has 0 aliphatic carbocycles. The maximum Gasteiger partial charge on any atom is 0.246 e. The van der Waals surface area contributed by atoms with Crippen LogP contribution < -0.4 is 18.9 Å². The summed E-state index contributed by atoms with van der Waals surface area (Å²) in [5, 5.41) is 10.7. The minimum atomic E-state index is -0.0239. The van der Waals surface area contributed by atoms with Crippen LogP contribution in [0.25, 0.3) is 16.6 Å². The van der Waals surface area contributed by atoms with Crippen LogP contribution in [0.5, 0.6) is 23.0 Å². The summed E-state index contributed by atoms with van der Waals surface area (Å²) in [4.78, 5) is 14.7. The molecule has 0 atom stereocenters. The zero-order chi connectivity index (χ0) is 24.8. The summed E-state index contributed by atoms with van der Waals surface area (Å²) in [5.74, 6) is 2.66. The van der Waals surface area contributed by atoms with Crippen molar-refractivity contribution in [3.05, 3.63) is 53.0 Å². The largest absolute Gasteiger partial charge is 0.496 e. The summed E-state index contributed by atoms with van der Waals surface area (Å²) in [6.07, 6.45) is 5.06. The summed E-state index contributed by atoms with van der Waals surface area (Å²) in [5.41, 5.74) is 1.74. The van der Waals surface area contributed by atoms with Crippen LogP contribution in [-0.2, 0) is 4.79 Å². The molecular formula is C26H29N3O5S. The van der Waals surface area contributed by atoms with Gasteiger partial charge in [0.2, 0.25) is 11.7 Å². The molecule has 0 spiro atoms. The van der Waals surface area contributed by atoms with E-state index in [0.717, 1.165) is 39.7 Å². The van der Waals surface area contributed by atoms with Gasteiger partial charge in [-0.25, -0.2) is 0 Å². The Labute approximate surface area is 209 Å². The second kappa shape index (κ2) is 11.2. The number of carbonyl (C=O) groups excluding carboxylic acids is 1. The van der Waals surface area contributed by atoms with Gasteiger partial charge in [0.25, 0.3) is 0 Å². The van der Waals surface area contributed by atoms with Crippen molar-refractivity contribution in [3.8, 4) is 33.6 Å². The van der Waals surface area contributed by atoms with E-state index in [0.29, 0.717) is 36.3 Å². The molecule has 8 nitrogen and oxygen atoms in total. The molecule has 1 fully saturated rings. The quantitative estimate of drug-likeness (QED) is 0.420. The number of amides is 1. The molecule has 1 amide bonds. The molecule has 9 heteroatoms. The Hall–Kier alpha value is -3.59. The van der Waals surface area contributed by atoms with Crippen molar-refractivity contribution < 1.29 is 23.7 Å². The number of hydrogen-bond acceptors (Lipinski definition) is 8. The van der Waals surface area contributed by atoms with E-state index in [1.807, 2.05) is 41.3 Å². The monoisotopic (exact) mass is 495 g/mol. The number of piperidine rings is 1. The van der Waals surface area contributed by atoms with Crippen LogP contribution >= 0.6 is 11.3 Å². The SMILES string of the molecule is COc1ccccc1-c1nnc(C2CCN(C(=O)/C=C/c3cc(OC)c(OC)c(OC)c3)CC2)s1. The van der Waals surface area contributed by atoms with E-state index in [9.17, 15) is 4.79 Å². The number of carbonyl (C=O) groups is 1. The first-order chi connectivity index (χ1) is 17.1. The zero-order valence-corrected chi connectivity index (χ0v) is 21.1.